The van der Waals surface area contributed by atoms with Crippen LogP contribution in [0.2, 0.25) is 0 Å². The summed E-state index contributed by atoms with van der Waals surface area (Å²) in [6, 6.07) is 22.3. The highest BCUT2D eigenvalue weighted by Crippen LogP contribution is 2.28. The van der Waals surface area contributed by atoms with E-state index < -0.39 is 37.0 Å². The van der Waals surface area contributed by atoms with Gasteiger partial charge in [0.15, 0.2) is 5.65 Å². The standard InChI is InChI=1S/C27H21N5O6S2/c33-26(21-10-6-15-31-25(21)29-22-11-5-4-9-20(22)27(31)34)30-40(37,38)19-12-13-23(24(17-19)32(35)36)28-14-16-39-18-7-2-1-3-8-18/h1-13,15,17,28H,14,16H2,(H,30,33). The number of hydrogen-bond donors (Lipinski definition) is 2. The molecule has 202 valence electrons. The second-order valence-corrected chi connectivity index (χ2v) is 11.4. The number of nitrogens with zero attached hydrogens (tertiary/aromatic N) is 3. The van der Waals surface area contributed by atoms with E-state index in [4.69, 9.17) is 0 Å². The van der Waals surface area contributed by atoms with Crippen LogP contribution in [-0.2, 0) is 10.0 Å². The average molecular weight is 576 g/mol. The molecule has 0 aliphatic rings. The molecule has 0 saturated heterocycles. The molecule has 0 spiro atoms. The number of pyridine rings is 1. The number of rotatable bonds is 9. The lowest BCUT2D eigenvalue weighted by atomic mass is 10.2. The second kappa shape index (κ2) is 11.2. The maximum atomic E-state index is 13.1. The minimum atomic E-state index is -4.51. The van der Waals surface area contributed by atoms with E-state index in [1.165, 1.54) is 30.5 Å². The number of aromatic nitrogens is 2. The van der Waals surface area contributed by atoms with Crippen LogP contribution < -0.4 is 15.6 Å². The first-order valence-electron chi connectivity index (χ1n) is 11.9. The first kappa shape index (κ1) is 26.8. The zero-order chi connectivity index (χ0) is 28.3. The Labute approximate surface area is 232 Å². The van der Waals surface area contributed by atoms with Gasteiger partial charge in [-0.15, -0.1) is 11.8 Å². The number of fused-ring (bicyclic) bond motifs is 2. The van der Waals surface area contributed by atoms with Crippen molar-refractivity contribution < 1.29 is 18.1 Å². The lowest BCUT2D eigenvalue weighted by Gasteiger charge is -2.11. The Morgan fingerprint density at radius 3 is 2.52 bits per heavy atom. The van der Waals surface area contributed by atoms with Crippen molar-refractivity contribution in [1.82, 2.24) is 14.1 Å². The fourth-order valence-corrected chi connectivity index (χ4v) is 5.81. The first-order valence-corrected chi connectivity index (χ1v) is 14.4. The smallest absolute Gasteiger partial charge is 0.293 e. The molecular formula is C27H21N5O6S2. The van der Waals surface area contributed by atoms with Crippen LogP contribution >= 0.6 is 11.8 Å². The Kier molecular flexibility index (Phi) is 7.49. The van der Waals surface area contributed by atoms with Gasteiger partial charge >= 0.3 is 0 Å². The van der Waals surface area contributed by atoms with Gasteiger partial charge in [0.1, 0.15) is 5.69 Å². The molecule has 11 nitrogen and oxygen atoms in total. The predicted molar refractivity (Wildman–Crippen MR) is 152 cm³/mol. The molecule has 0 aliphatic carbocycles. The van der Waals surface area contributed by atoms with Crippen molar-refractivity contribution in [2.45, 2.75) is 9.79 Å². The number of carbonyl (C=O) groups is 1. The summed E-state index contributed by atoms with van der Waals surface area (Å²) in [5.41, 5.74) is -0.566. The zero-order valence-electron chi connectivity index (χ0n) is 20.7. The van der Waals surface area contributed by atoms with Gasteiger partial charge in [-0.3, -0.25) is 24.1 Å². The topological polar surface area (TPSA) is 153 Å². The number of carbonyl (C=O) groups excluding carboxylic acids is 1. The number of benzene rings is 3. The Bertz CT molecular complexity index is 1930. The quantitative estimate of drug-likeness (QED) is 0.0870. The molecule has 0 bridgehead atoms. The third-order valence-corrected chi connectivity index (χ3v) is 8.27. The van der Waals surface area contributed by atoms with E-state index in [2.05, 4.69) is 10.3 Å². The van der Waals surface area contributed by atoms with Crippen LogP contribution in [0.3, 0.4) is 0 Å². The number of thioether (sulfide) groups is 1. The maximum absolute atomic E-state index is 13.1. The summed E-state index contributed by atoms with van der Waals surface area (Å²) >= 11 is 1.57. The van der Waals surface area contributed by atoms with Gasteiger partial charge < -0.3 is 5.32 Å². The highest BCUT2D eigenvalue weighted by atomic mass is 32.2. The maximum Gasteiger partial charge on any atom is 0.293 e. The van der Waals surface area contributed by atoms with Gasteiger partial charge in [-0.25, -0.2) is 18.1 Å². The zero-order valence-corrected chi connectivity index (χ0v) is 22.3. The highest BCUT2D eigenvalue weighted by molar-refractivity contribution is 7.99. The third-order valence-electron chi connectivity index (χ3n) is 5.92. The number of nitro benzene ring substituents is 1. The number of nitro groups is 1. The van der Waals surface area contributed by atoms with Crippen molar-refractivity contribution in [1.29, 1.82) is 0 Å². The SMILES string of the molecule is O=C(NS(=O)(=O)c1ccc(NCCSc2ccccc2)c([N+](=O)[O-])c1)c1cccn2c(=O)c3ccccc3nc12. The largest absolute Gasteiger partial charge is 0.379 e. The summed E-state index contributed by atoms with van der Waals surface area (Å²) < 4.78 is 29.2. The molecule has 0 fully saturated rings. The van der Waals surface area contributed by atoms with Crippen LogP contribution in [-0.4, -0.2) is 40.9 Å². The van der Waals surface area contributed by atoms with E-state index in [-0.39, 0.29) is 16.9 Å². The molecule has 3 aromatic carbocycles. The fraction of sp³-hybridized carbons (Fsp3) is 0.0741. The number of hydrogen-bond acceptors (Lipinski definition) is 9. The molecule has 0 radical (unpaired) electrons. The molecule has 1 amide bonds. The van der Waals surface area contributed by atoms with Gasteiger partial charge in [-0.05, 0) is 48.5 Å². The van der Waals surface area contributed by atoms with Crippen molar-refractivity contribution in [3.05, 3.63) is 117 Å². The summed E-state index contributed by atoms with van der Waals surface area (Å²) in [5, 5.41) is 15.0. The van der Waals surface area contributed by atoms with E-state index in [0.717, 1.165) is 15.4 Å². The molecule has 5 rings (SSSR count). The van der Waals surface area contributed by atoms with Crippen molar-refractivity contribution >= 4 is 55.6 Å². The average Bonchev–Trinajstić information content (AvgIpc) is 2.95. The number of amides is 1. The van der Waals surface area contributed by atoms with Crippen LogP contribution in [0.5, 0.6) is 0 Å². The van der Waals surface area contributed by atoms with Gasteiger partial charge in [0, 0.05) is 29.5 Å². The van der Waals surface area contributed by atoms with E-state index >= 15 is 0 Å². The molecule has 0 aliphatic heterocycles. The normalized spacial score (nSPS) is 11.4. The van der Waals surface area contributed by atoms with Crippen LogP contribution in [0.15, 0.2) is 106 Å². The minimum absolute atomic E-state index is 0.0298. The van der Waals surface area contributed by atoms with Gasteiger partial charge in [0.25, 0.3) is 27.2 Å². The van der Waals surface area contributed by atoms with E-state index in [9.17, 15) is 28.1 Å². The van der Waals surface area contributed by atoms with Gasteiger partial charge in [-0.2, -0.15) is 0 Å². The monoisotopic (exact) mass is 575 g/mol. The van der Waals surface area contributed by atoms with Crippen LogP contribution in [0, 0.1) is 10.1 Å². The predicted octanol–water partition coefficient (Wildman–Crippen LogP) is 4.08. The second-order valence-electron chi connectivity index (χ2n) is 8.51. The molecule has 0 saturated carbocycles. The summed E-state index contributed by atoms with van der Waals surface area (Å²) in [6.07, 6.45) is 1.43. The molecule has 0 atom stereocenters. The van der Waals surface area contributed by atoms with Crippen molar-refractivity contribution in [3.63, 3.8) is 0 Å². The van der Waals surface area contributed by atoms with Crippen molar-refractivity contribution in [3.8, 4) is 0 Å². The molecule has 13 heteroatoms. The van der Waals surface area contributed by atoms with Crippen LogP contribution in [0.25, 0.3) is 16.6 Å². The minimum Gasteiger partial charge on any atom is -0.379 e. The van der Waals surface area contributed by atoms with Crippen molar-refractivity contribution in [2.24, 2.45) is 0 Å². The molecular weight excluding hydrogens is 554 g/mol. The summed E-state index contributed by atoms with van der Waals surface area (Å²) in [4.78, 5) is 41.9. The number of nitrogens with one attached hydrogen (secondary N) is 2. The van der Waals surface area contributed by atoms with Crippen LogP contribution in [0.1, 0.15) is 10.4 Å². The van der Waals surface area contributed by atoms with E-state index in [0.29, 0.717) is 23.2 Å². The number of para-hydroxylation sites is 1. The van der Waals surface area contributed by atoms with Gasteiger partial charge in [-0.1, -0.05) is 30.3 Å². The summed E-state index contributed by atoms with van der Waals surface area (Å²) in [5.74, 6) is -0.419. The first-order chi connectivity index (χ1) is 19.2. The number of sulfonamides is 1. The lowest BCUT2D eigenvalue weighted by Crippen LogP contribution is -2.31. The summed E-state index contributed by atoms with van der Waals surface area (Å²) in [7, 11) is -4.51. The van der Waals surface area contributed by atoms with E-state index in [1.807, 2.05) is 35.1 Å². The molecule has 2 N–H and O–H groups in total. The van der Waals surface area contributed by atoms with Crippen LogP contribution in [0.4, 0.5) is 11.4 Å². The molecule has 0 unspecified atom stereocenters. The Hall–Kier alpha value is -4.75. The third kappa shape index (κ3) is 5.51. The van der Waals surface area contributed by atoms with Crippen molar-refractivity contribution in [2.75, 3.05) is 17.6 Å². The fourth-order valence-electron chi connectivity index (χ4n) is 4.04. The van der Waals surface area contributed by atoms with Gasteiger partial charge in [0.2, 0.25) is 0 Å². The Morgan fingerprint density at radius 2 is 1.75 bits per heavy atom. The number of anilines is 1. The summed E-state index contributed by atoms with van der Waals surface area (Å²) in [6.45, 7) is 0.394. The van der Waals surface area contributed by atoms with Gasteiger partial charge in [0.05, 0.1) is 26.3 Å². The lowest BCUT2D eigenvalue weighted by molar-refractivity contribution is -0.384. The molecule has 40 heavy (non-hydrogen) atoms. The highest BCUT2D eigenvalue weighted by Gasteiger charge is 2.25. The molecule has 2 aromatic heterocycles. The Balaban J connectivity index is 1.37. The van der Waals surface area contributed by atoms with E-state index in [1.54, 1.807) is 36.0 Å². The molecule has 2 heterocycles. The molecule has 5 aromatic rings. The Morgan fingerprint density at radius 1 is 1.00 bits per heavy atom.